The third kappa shape index (κ3) is 6.22. The maximum atomic E-state index is 12.9. The molecule has 1 aliphatic heterocycles. The van der Waals surface area contributed by atoms with Gasteiger partial charge in [-0.1, -0.05) is 78.9 Å². The predicted octanol–water partition coefficient (Wildman–Crippen LogP) is 5.22. The number of methoxy groups -OCH3 is 3. The lowest BCUT2D eigenvalue weighted by Gasteiger charge is -2.39. The zero-order valence-electron chi connectivity index (χ0n) is 21.7. The van der Waals surface area contributed by atoms with E-state index in [0.717, 1.165) is 18.7 Å². The molecular weight excluding hydrogens is 464 g/mol. The van der Waals surface area contributed by atoms with Gasteiger partial charge in [-0.3, -0.25) is 9.69 Å². The van der Waals surface area contributed by atoms with Crippen molar-refractivity contribution in [3.8, 4) is 17.2 Å². The van der Waals surface area contributed by atoms with E-state index in [1.165, 1.54) is 11.1 Å². The van der Waals surface area contributed by atoms with E-state index >= 15 is 0 Å². The average Bonchev–Trinajstić information content (AvgIpc) is 2.96. The van der Waals surface area contributed by atoms with Crippen LogP contribution in [0.4, 0.5) is 0 Å². The largest absolute Gasteiger partial charge is 0.493 e. The summed E-state index contributed by atoms with van der Waals surface area (Å²) in [5, 5.41) is 0. The lowest BCUT2D eigenvalue weighted by atomic mass is 9.96. The van der Waals surface area contributed by atoms with Gasteiger partial charge in [0.15, 0.2) is 11.5 Å². The third-order valence-electron chi connectivity index (χ3n) is 6.58. The van der Waals surface area contributed by atoms with E-state index < -0.39 is 0 Å². The van der Waals surface area contributed by atoms with Gasteiger partial charge in [0.25, 0.3) is 0 Å². The Bertz CT molecular complexity index is 1180. The number of hydrogen-bond acceptors (Lipinski definition) is 5. The molecule has 0 aromatic heterocycles. The number of carbonyl (C=O) groups excluding carboxylic acids is 1. The van der Waals surface area contributed by atoms with E-state index in [1.54, 1.807) is 33.5 Å². The van der Waals surface area contributed by atoms with Crippen molar-refractivity contribution < 1.29 is 19.0 Å². The van der Waals surface area contributed by atoms with Crippen molar-refractivity contribution in [2.24, 2.45) is 0 Å². The molecule has 6 heteroatoms. The number of piperazine rings is 1. The molecule has 0 N–H and O–H groups in total. The molecule has 1 amide bonds. The summed E-state index contributed by atoms with van der Waals surface area (Å²) in [6.45, 7) is 3.00. The molecule has 1 fully saturated rings. The molecule has 1 heterocycles. The number of amides is 1. The first-order valence-corrected chi connectivity index (χ1v) is 12.4. The van der Waals surface area contributed by atoms with E-state index in [0.29, 0.717) is 30.3 Å². The Morgan fingerprint density at radius 1 is 0.730 bits per heavy atom. The Kier molecular flexibility index (Phi) is 9.00. The lowest BCUT2D eigenvalue weighted by Crippen LogP contribution is -2.49. The molecule has 0 unspecified atom stereocenters. The summed E-state index contributed by atoms with van der Waals surface area (Å²) in [6, 6.07) is 25.0. The van der Waals surface area contributed by atoms with E-state index in [-0.39, 0.29) is 11.9 Å². The summed E-state index contributed by atoms with van der Waals surface area (Å²) in [6.07, 6.45) is 7.10. The van der Waals surface area contributed by atoms with Crippen LogP contribution in [0.25, 0.3) is 6.08 Å². The molecule has 192 valence electrons. The quantitative estimate of drug-likeness (QED) is 0.299. The second kappa shape index (κ2) is 12.8. The van der Waals surface area contributed by atoms with Gasteiger partial charge >= 0.3 is 0 Å². The van der Waals surface area contributed by atoms with Crippen LogP contribution in [0.15, 0.2) is 91.0 Å². The van der Waals surface area contributed by atoms with Crippen LogP contribution in [0, 0.1) is 0 Å². The van der Waals surface area contributed by atoms with Gasteiger partial charge < -0.3 is 19.1 Å². The van der Waals surface area contributed by atoms with Gasteiger partial charge in [-0.25, -0.2) is 0 Å². The summed E-state index contributed by atoms with van der Waals surface area (Å²) in [4.78, 5) is 17.2. The van der Waals surface area contributed by atoms with Gasteiger partial charge in [-0.15, -0.1) is 0 Å². The fourth-order valence-corrected chi connectivity index (χ4v) is 4.74. The first-order valence-electron chi connectivity index (χ1n) is 12.4. The first-order chi connectivity index (χ1) is 18.2. The van der Waals surface area contributed by atoms with Gasteiger partial charge in [-0.05, 0) is 23.3 Å². The molecule has 0 spiro atoms. The van der Waals surface area contributed by atoms with Crippen LogP contribution in [0.3, 0.4) is 0 Å². The zero-order valence-corrected chi connectivity index (χ0v) is 21.7. The molecule has 0 bridgehead atoms. The molecule has 3 aromatic rings. The fourth-order valence-electron chi connectivity index (χ4n) is 4.74. The van der Waals surface area contributed by atoms with E-state index in [9.17, 15) is 4.79 Å². The number of benzene rings is 3. The molecule has 1 aliphatic rings. The number of nitrogens with zero attached hydrogens (tertiary/aromatic N) is 2. The van der Waals surface area contributed by atoms with Crippen LogP contribution < -0.4 is 14.2 Å². The first kappa shape index (κ1) is 26.0. The van der Waals surface area contributed by atoms with Crippen LogP contribution in [-0.2, 0) is 4.79 Å². The summed E-state index contributed by atoms with van der Waals surface area (Å²) < 4.78 is 16.3. The number of allylic oxidation sites excluding steroid dienone is 2. The molecule has 0 aliphatic carbocycles. The molecule has 4 rings (SSSR count). The van der Waals surface area contributed by atoms with Gasteiger partial charge in [0.2, 0.25) is 11.7 Å². The Morgan fingerprint density at radius 2 is 1.32 bits per heavy atom. The molecule has 1 saturated heterocycles. The SMILES string of the molecule is COc1ccc(C=CC=CC(=O)N2CCN(C(c3ccccc3)c3ccccc3)CC2)c(OC)c1OC. The topological polar surface area (TPSA) is 51.2 Å². The van der Waals surface area contributed by atoms with Crippen molar-refractivity contribution in [1.29, 1.82) is 0 Å². The maximum Gasteiger partial charge on any atom is 0.246 e. The van der Waals surface area contributed by atoms with Crippen molar-refractivity contribution in [3.63, 3.8) is 0 Å². The molecular formula is C31H34N2O4. The summed E-state index contributed by atoms with van der Waals surface area (Å²) >= 11 is 0. The molecule has 0 saturated carbocycles. The minimum atomic E-state index is 0.0135. The number of hydrogen-bond donors (Lipinski definition) is 0. The highest BCUT2D eigenvalue weighted by molar-refractivity contribution is 5.88. The monoisotopic (exact) mass is 498 g/mol. The molecule has 6 nitrogen and oxygen atoms in total. The van der Waals surface area contributed by atoms with Crippen molar-refractivity contribution in [1.82, 2.24) is 9.80 Å². The Morgan fingerprint density at radius 3 is 1.86 bits per heavy atom. The molecule has 37 heavy (non-hydrogen) atoms. The van der Waals surface area contributed by atoms with E-state index in [1.807, 2.05) is 41.3 Å². The Hall–Kier alpha value is -4.03. The van der Waals surface area contributed by atoms with Crippen molar-refractivity contribution in [2.75, 3.05) is 47.5 Å². The molecule has 3 aromatic carbocycles. The summed E-state index contributed by atoms with van der Waals surface area (Å²) in [7, 11) is 4.76. The van der Waals surface area contributed by atoms with Crippen LogP contribution in [0.1, 0.15) is 22.7 Å². The Labute approximate surface area is 219 Å². The highest BCUT2D eigenvalue weighted by Gasteiger charge is 2.27. The van der Waals surface area contributed by atoms with E-state index in [4.69, 9.17) is 14.2 Å². The average molecular weight is 499 g/mol. The Balaban J connectivity index is 1.39. The van der Waals surface area contributed by atoms with E-state index in [2.05, 4.69) is 53.4 Å². The summed E-state index contributed by atoms with van der Waals surface area (Å²) in [5.74, 6) is 1.73. The van der Waals surface area contributed by atoms with Crippen LogP contribution >= 0.6 is 0 Å². The second-order valence-corrected chi connectivity index (χ2v) is 8.73. The lowest BCUT2D eigenvalue weighted by molar-refractivity contribution is -0.127. The predicted molar refractivity (Wildman–Crippen MR) is 147 cm³/mol. The van der Waals surface area contributed by atoms with Crippen molar-refractivity contribution >= 4 is 12.0 Å². The van der Waals surface area contributed by atoms with Crippen molar-refractivity contribution in [3.05, 3.63) is 108 Å². The minimum Gasteiger partial charge on any atom is -0.493 e. The minimum absolute atomic E-state index is 0.0135. The molecule has 0 atom stereocenters. The number of carbonyl (C=O) groups is 1. The van der Waals surface area contributed by atoms with Gasteiger partial charge in [0.05, 0.1) is 27.4 Å². The standard InChI is InChI=1S/C31H34N2O4/c1-35-27-19-18-26(30(36-2)31(27)37-3)16-10-11-17-28(34)32-20-22-33(23-21-32)29(24-12-6-4-7-13-24)25-14-8-5-9-15-25/h4-19,29H,20-23H2,1-3H3. The van der Waals surface area contributed by atoms with Gasteiger partial charge in [0, 0.05) is 37.8 Å². The second-order valence-electron chi connectivity index (χ2n) is 8.73. The highest BCUT2D eigenvalue weighted by Crippen LogP contribution is 2.40. The van der Waals surface area contributed by atoms with Gasteiger partial charge in [0.1, 0.15) is 0 Å². The van der Waals surface area contributed by atoms with Crippen LogP contribution in [0.5, 0.6) is 17.2 Å². The van der Waals surface area contributed by atoms with Crippen LogP contribution in [-0.4, -0.2) is 63.2 Å². The smallest absolute Gasteiger partial charge is 0.246 e. The number of rotatable bonds is 9. The van der Waals surface area contributed by atoms with Crippen molar-refractivity contribution in [2.45, 2.75) is 6.04 Å². The van der Waals surface area contributed by atoms with Crippen LogP contribution in [0.2, 0.25) is 0 Å². The van der Waals surface area contributed by atoms with Gasteiger partial charge in [-0.2, -0.15) is 0 Å². The molecule has 0 radical (unpaired) electrons. The normalized spacial score (nSPS) is 14.4. The zero-order chi connectivity index (χ0) is 26.0. The number of ether oxygens (including phenoxy) is 3. The third-order valence-corrected chi connectivity index (χ3v) is 6.58. The highest BCUT2D eigenvalue weighted by atomic mass is 16.5. The maximum absolute atomic E-state index is 12.9. The summed E-state index contributed by atoms with van der Waals surface area (Å²) in [5.41, 5.74) is 3.37. The fraction of sp³-hybridized carbons (Fsp3) is 0.258.